The summed E-state index contributed by atoms with van der Waals surface area (Å²) in [6.07, 6.45) is 9.24. The molecule has 0 saturated carbocycles. The monoisotopic (exact) mass is 402 g/mol. The number of hydrogen-bond donors (Lipinski definition) is 1. The Morgan fingerprint density at radius 2 is 1.79 bits per heavy atom. The smallest absolute Gasteiger partial charge is 0.244 e. The summed E-state index contributed by atoms with van der Waals surface area (Å²) in [5.41, 5.74) is 0.977. The minimum Gasteiger partial charge on any atom is -0.465 e. The quantitative estimate of drug-likeness (QED) is 0.721. The summed E-state index contributed by atoms with van der Waals surface area (Å²) < 4.78 is 32.3. The molecule has 1 amide bonds. The van der Waals surface area contributed by atoms with E-state index in [1.165, 1.54) is 6.08 Å². The third-order valence-electron chi connectivity index (χ3n) is 4.78. The second-order valence-corrected chi connectivity index (χ2v) is 8.79. The van der Waals surface area contributed by atoms with Crippen LogP contribution < -0.4 is 5.32 Å². The molecule has 28 heavy (non-hydrogen) atoms. The first-order chi connectivity index (χ1) is 13.6. The van der Waals surface area contributed by atoms with Gasteiger partial charge in [-0.05, 0) is 55.2 Å². The second kappa shape index (κ2) is 9.71. The summed E-state index contributed by atoms with van der Waals surface area (Å²) in [5.74, 6) is 0.424. The van der Waals surface area contributed by atoms with E-state index in [4.69, 9.17) is 4.42 Å². The molecule has 1 aliphatic rings. The van der Waals surface area contributed by atoms with E-state index in [1.807, 2.05) is 12.1 Å². The highest BCUT2D eigenvalue weighted by molar-refractivity contribution is 7.89. The summed E-state index contributed by atoms with van der Waals surface area (Å²) in [6, 6.07) is 10.5. The topological polar surface area (TPSA) is 79.6 Å². The van der Waals surface area contributed by atoms with E-state index in [2.05, 4.69) is 5.32 Å². The van der Waals surface area contributed by atoms with E-state index in [0.717, 1.165) is 31.2 Å². The van der Waals surface area contributed by atoms with Gasteiger partial charge in [0.1, 0.15) is 5.76 Å². The van der Waals surface area contributed by atoms with Crippen LogP contribution in [0.15, 0.2) is 58.1 Å². The predicted molar refractivity (Wildman–Crippen MR) is 108 cm³/mol. The SMILES string of the molecule is O=C(/C=C/c1ccco1)NCCc1ccc(S(=O)(=O)N2CCCCCC2)cc1. The molecule has 1 saturated heterocycles. The minimum atomic E-state index is -3.42. The normalized spacial score (nSPS) is 16.1. The van der Waals surface area contributed by atoms with Crippen molar-refractivity contribution in [3.05, 3.63) is 60.1 Å². The van der Waals surface area contributed by atoms with Crippen molar-refractivity contribution < 1.29 is 17.6 Å². The van der Waals surface area contributed by atoms with Crippen LogP contribution in [0.25, 0.3) is 6.08 Å². The largest absolute Gasteiger partial charge is 0.465 e. The summed E-state index contributed by atoms with van der Waals surface area (Å²) in [6.45, 7) is 1.67. The fourth-order valence-corrected chi connectivity index (χ4v) is 4.71. The van der Waals surface area contributed by atoms with Crippen molar-refractivity contribution in [2.24, 2.45) is 0 Å². The van der Waals surface area contributed by atoms with Crippen molar-refractivity contribution in [2.45, 2.75) is 37.0 Å². The number of carbonyl (C=O) groups is 1. The fourth-order valence-electron chi connectivity index (χ4n) is 3.19. The van der Waals surface area contributed by atoms with Gasteiger partial charge in [0.2, 0.25) is 15.9 Å². The third kappa shape index (κ3) is 5.56. The minimum absolute atomic E-state index is 0.197. The molecule has 0 unspecified atom stereocenters. The highest BCUT2D eigenvalue weighted by atomic mass is 32.2. The molecule has 6 nitrogen and oxygen atoms in total. The standard InChI is InChI=1S/C21H26N2O4S/c24-21(12-9-19-6-5-17-27-19)22-14-13-18-7-10-20(11-8-18)28(25,26)23-15-3-1-2-4-16-23/h5-12,17H,1-4,13-16H2,(H,22,24)/b12-9+. The van der Waals surface area contributed by atoms with Crippen LogP contribution in [0, 0.1) is 0 Å². The Labute approximate surface area is 166 Å². The zero-order valence-corrected chi connectivity index (χ0v) is 16.7. The maximum atomic E-state index is 12.8. The van der Waals surface area contributed by atoms with Gasteiger partial charge < -0.3 is 9.73 Å². The molecule has 0 atom stereocenters. The van der Waals surface area contributed by atoms with Crippen LogP contribution in [0.3, 0.4) is 0 Å². The summed E-state index contributed by atoms with van der Waals surface area (Å²) in [7, 11) is -3.42. The Bertz CT molecular complexity index is 879. The maximum absolute atomic E-state index is 12.8. The van der Waals surface area contributed by atoms with Crippen LogP contribution >= 0.6 is 0 Å². The Morgan fingerprint density at radius 1 is 1.07 bits per heavy atom. The highest BCUT2D eigenvalue weighted by Crippen LogP contribution is 2.20. The van der Waals surface area contributed by atoms with Gasteiger partial charge in [0.25, 0.3) is 0 Å². The molecule has 0 spiro atoms. The number of furan rings is 1. The number of sulfonamides is 1. The lowest BCUT2D eigenvalue weighted by Gasteiger charge is -2.20. The van der Waals surface area contributed by atoms with Gasteiger partial charge in [0.15, 0.2) is 0 Å². The van der Waals surface area contributed by atoms with Gasteiger partial charge >= 0.3 is 0 Å². The molecule has 0 aliphatic carbocycles. The number of nitrogens with one attached hydrogen (secondary N) is 1. The molecule has 150 valence electrons. The molecule has 0 bridgehead atoms. The number of hydrogen-bond acceptors (Lipinski definition) is 4. The first-order valence-electron chi connectivity index (χ1n) is 9.64. The molecule has 2 heterocycles. The van der Waals surface area contributed by atoms with Gasteiger partial charge in [-0.2, -0.15) is 4.31 Å². The van der Waals surface area contributed by atoms with Crippen LogP contribution in [0.5, 0.6) is 0 Å². The molecule has 1 aliphatic heterocycles. The van der Waals surface area contributed by atoms with Crippen molar-refractivity contribution >= 4 is 22.0 Å². The Balaban J connectivity index is 1.50. The maximum Gasteiger partial charge on any atom is 0.244 e. The van der Waals surface area contributed by atoms with Gasteiger partial charge in [0, 0.05) is 25.7 Å². The van der Waals surface area contributed by atoms with E-state index in [1.54, 1.807) is 40.9 Å². The summed E-state index contributed by atoms with van der Waals surface area (Å²) in [5, 5.41) is 2.80. The third-order valence-corrected chi connectivity index (χ3v) is 6.69. The average Bonchev–Trinajstić information content (AvgIpc) is 3.06. The number of benzene rings is 1. The van der Waals surface area contributed by atoms with Gasteiger partial charge in [0.05, 0.1) is 11.2 Å². The van der Waals surface area contributed by atoms with Gasteiger partial charge in [-0.3, -0.25) is 4.79 Å². The van der Waals surface area contributed by atoms with E-state index in [9.17, 15) is 13.2 Å². The zero-order valence-electron chi connectivity index (χ0n) is 15.8. The van der Waals surface area contributed by atoms with Gasteiger partial charge in [-0.1, -0.05) is 25.0 Å². The lowest BCUT2D eigenvalue weighted by molar-refractivity contribution is -0.116. The predicted octanol–water partition coefficient (Wildman–Crippen LogP) is 3.22. The van der Waals surface area contributed by atoms with E-state index >= 15 is 0 Å². The number of carbonyl (C=O) groups excluding carboxylic acids is 1. The van der Waals surface area contributed by atoms with Gasteiger partial charge in [-0.25, -0.2) is 8.42 Å². The van der Waals surface area contributed by atoms with Gasteiger partial charge in [-0.15, -0.1) is 0 Å². The molecule has 0 radical (unpaired) electrons. The first kappa shape index (κ1) is 20.4. The molecule has 1 N–H and O–H groups in total. The van der Waals surface area contributed by atoms with Crippen LogP contribution in [0.2, 0.25) is 0 Å². The Morgan fingerprint density at radius 3 is 2.43 bits per heavy atom. The van der Waals surface area contributed by atoms with E-state index < -0.39 is 10.0 Å². The molecule has 1 fully saturated rings. The van der Waals surface area contributed by atoms with Crippen molar-refractivity contribution in [1.29, 1.82) is 0 Å². The van der Waals surface area contributed by atoms with Crippen LogP contribution in [0.1, 0.15) is 37.0 Å². The summed E-state index contributed by atoms with van der Waals surface area (Å²) >= 11 is 0. The summed E-state index contributed by atoms with van der Waals surface area (Å²) in [4.78, 5) is 12.1. The van der Waals surface area contributed by atoms with Crippen LogP contribution in [-0.4, -0.2) is 38.3 Å². The second-order valence-electron chi connectivity index (χ2n) is 6.85. The molecular formula is C21H26N2O4S. The van der Waals surface area contributed by atoms with Crippen molar-refractivity contribution in [3.8, 4) is 0 Å². The lowest BCUT2D eigenvalue weighted by Crippen LogP contribution is -2.31. The van der Waals surface area contributed by atoms with Crippen molar-refractivity contribution in [3.63, 3.8) is 0 Å². The molecule has 7 heteroatoms. The fraction of sp³-hybridized carbons (Fsp3) is 0.381. The van der Waals surface area contributed by atoms with Crippen LogP contribution in [-0.2, 0) is 21.2 Å². The van der Waals surface area contributed by atoms with Crippen LogP contribution in [0.4, 0.5) is 0 Å². The molecule has 1 aromatic heterocycles. The average molecular weight is 403 g/mol. The molecule has 3 rings (SSSR count). The molecule has 1 aromatic carbocycles. The number of amides is 1. The number of nitrogens with zero attached hydrogens (tertiary/aromatic N) is 1. The van der Waals surface area contributed by atoms with Crippen molar-refractivity contribution in [2.75, 3.05) is 19.6 Å². The van der Waals surface area contributed by atoms with Crippen molar-refractivity contribution in [1.82, 2.24) is 9.62 Å². The van der Waals surface area contributed by atoms with E-state index in [-0.39, 0.29) is 5.91 Å². The van der Waals surface area contributed by atoms with E-state index in [0.29, 0.717) is 36.7 Å². The Hall–Kier alpha value is -2.38. The molecular weight excluding hydrogens is 376 g/mol. The lowest BCUT2D eigenvalue weighted by atomic mass is 10.1. The Kier molecular flexibility index (Phi) is 7.06. The number of rotatable bonds is 7. The zero-order chi connectivity index (χ0) is 19.8. The highest BCUT2D eigenvalue weighted by Gasteiger charge is 2.24. The molecule has 2 aromatic rings. The first-order valence-corrected chi connectivity index (χ1v) is 11.1.